The first kappa shape index (κ1) is 25.9. The summed E-state index contributed by atoms with van der Waals surface area (Å²) in [5.41, 5.74) is 4.95. The van der Waals surface area contributed by atoms with Crippen LogP contribution in [0, 0.1) is 6.92 Å². The van der Waals surface area contributed by atoms with E-state index in [0.717, 1.165) is 32.7 Å². The molecule has 1 aromatic heterocycles. The molecule has 4 aromatic rings. The molecule has 0 saturated heterocycles. The first-order chi connectivity index (χ1) is 17.9. The highest BCUT2D eigenvalue weighted by Crippen LogP contribution is 2.27. The van der Waals surface area contributed by atoms with Gasteiger partial charge in [-0.1, -0.05) is 36.4 Å². The summed E-state index contributed by atoms with van der Waals surface area (Å²) in [6.07, 6.45) is 7.38. The molecule has 4 rings (SSSR count). The summed E-state index contributed by atoms with van der Waals surface area (Å²) in [7, 11) is -1.05. The molecule has 1 heterocycles. The number of rotatable bonds is 11. The third kappa shape index (κ3) is 7.17. The number of carboxylic acid groups (broad SMARTS) is 1. The molecule has 0 amide bonds. The highest BCUT2D eigenvalue weighted by atomic mass is 32.2. The van der Waals surface area contributed by atoms with Gasteiger partial charge in [0.25, 0.3) is 0 Å². The highest BCUT2D eigenvalue weighted by Gasteiger charge is 2.09. The Hall–Kier alpha value is -4.17. The molecule has 3 aromatic carbocycles. The van der Waals surface area contributed by atoms with Gasteiger partial charge in [0.05, 0.1) is 6.54 Å². The predicted molar refractivity (Wildman–Crippen MR) is 143 cm³/mol. The number of aliphatic carboxylic acids is 1. The van der Waals surface area contributed by atoms with E-state index in [1.165, 1.54) is 0 Å². The van der Waals surface area contributed by atoms with Gasteiger partial charge in [-0.15, -0.1) is 0 Å². The van der Waals surface area contributed by atoms with Crippen molar-refractivity contribution in [2.45, 2.75) is 18.4 Å². The summed E-state index contributed by atoms with van der Waals surface area (Å²) in [5, 5.41) is 13.1. The standard InChI is InChI=1S/C29H28N2O5S/c1-21-18-25(10-13-28(21)36-20-29(32)33)35-17-14-27(24-8-11-26(12-9-24)37(2)34)23-6-4-22(5-7-23)19-31-16-3-15-30-31/h3-16,18H,17,19-20H2,1-2H3,(H,32,33)/b27-14+. The monoisotopic (exact) mass is 516 g/mol. The topological polar surface area (TPSA) is 90.7 Å². The van der Waals surface area contributed by atoms with Crippen molar-refractivity contribution in [3.05, 3.63) is 114 Å². The normalized spacial score (nSPS) is 12.2. The van der Waals surface area contributed by atoms with Gasteiger partial charge in [0.1, 0.15) is 18.1 Å². The molecule has 8 heteroatoms. The molecule has 1 atom stereocenters. The average molecular weight is 517 g/mol. The maximum absolute atomic E-state index is 11.9. The van der Waals surface area contributed by atoms with Crippen molar-refractivity contribution in [3.8, 4) is 11.5 Å². The lowest BCUT2D eigenvalue weighted by Gasteiger charge is -2.13. The van der Waals surface area contributed by atoms with Crippen LogP contribution < -0.4 is 9.47 Å². The number of aromatic nitrogens is 2. The minimum Gasteiger partial charge on any atom is -0.489 e. The Kier molecular flexibility index (Phi) is 8.53. The zero-order chi connectivity index (χ0) is 26.2. The second-order valence-corrected chi connectivity index (χ2v) is 9.80. The van der Waals surface area contributed by atoms with E-state index >= 15 is 0 Å². The second kappa shape index (κ2) is 12.2. The largest absolute Gasteiger partial charge is 0.489 e. The Bertz CT molecular complexity index is 1400. The molecule has 0 aliphatic heterocycles. The lowest BCUT2D eigenvalue weighted by atomic mass is 9.96. The third-order valence-electron chi connectivity index (χ3n) is 5.70. The maximum Gasteiger partial charge on any atom is 0.341 e. The van der Waals surface area contributed by atoms with Crippen LogP contribution in [0.25, 0.3) is 5.57 Å². The zero-order valence-electron chi connectivity index (χ0n) is 20.7. The molecular weight excluding hydrogens is 488 g/mol. The summed E-state index contributed by atoms with van der Waals surface area (Å²) >= 11 is 0. The Morgan fingerprint density at radius 3 is 2.32 bits per heavy atom. The summed E-state index contributed by atoms with van der Waals surface area (Å²) < 4.78 is 25.0. The second-order valence-electron chi connectivity index (χ2n) is 8.42. The summed E-state index contributed by atoms with van der Waals surface area (Å²) in [6.45, 7) is 2.46. The van der Waals surface area contributed by atoms with Gasteiger partial charge < -0.3 is 14.6 Å². The number of benzene rings is 3. The van der Waals surface area contributed by atoms with Crippen LogP contribution in [0.5, 0.6) is 11.5 Å². The highest BCUT2D eigenvalue weighted by molar-refractivity contribution is 7.84. The van der Waals surface area contributed by atoms with Gasteiger partial charge in [0.15, 0.2) is 6.61 Å². The number of hydrogen-bond acceptors (Lipinski definition) is 5. The quantitative estimate of drug-likeness (QED) is 0.303. The minimum absolute atomic E-state index is 0.320. The van der Waals surface area contributed by atoms with Gasteiger partial charge in [0.2, 0.25) is 0 Å². The van der Waals surface area contributed by atoms with Gasteiger partial charge in [-0.25, -0.2) is 4.79 Å². The van der Waals surface area contributed by atoms with Crippen LogP contribution in [0.15, 0.2) is 96.2 Å². The zero-order valence-corrected chi connectivity index (χ0v) is 21.5. The van der Waals surface area contributed by atoms with Crippen LogP contribution in [0.3, 0.4) is 0 Å². The number of hydrogen-bond donors (Lipinski definition) is 1. The molecule has 1 unspecified atom stereocenters. The van der Waals surface area contributed by atoms with Crippen molar-refractivity contribution in [1.82, 2.24) is 9.78 Å². The van der Waals surface area contributed by atoms with Crippen LogP contribution in [-0.4, -0.2) is 44.5 Å². The Morgan fingerprint density at radius 1 is 1.03 bits per heavy atom. The predicted octanol–water partition coefficient (Wildman–Crippen LogP) is 4.95. The number of carbonyl (C=O) groups is 1. The van der Waals surface area contributed by atoms with Crippen LogP contribution in [-0.2, 0) is 22.1 Å². The van der Waals surface area contributed by atoms with Crippen molar-refractivity contribution < 1.29 is 23.6 Å². The lowest BCUT2D eigenvalue weighted by Crippen LogP contribution is -2.10. The fraction of sp³-hybridized carbons (Fsp3) is 0.172. The van der Waals surface area contributed by atoms with Gasteiger partial charge >= 0.3 is 5.97 Å². The summed E-state index contributed by atoms with van der Waals surface area (Å²) in [6, 6.07) is 23.2. The smallest absolute Gasteiger partial charge is 0.341 e. The van der Waals surface area contributed by atoms with Crippen LogP contribution in [0.4, 0.5) is 0 Å². The number of ether oxygens (including phenoxy) is 2. The van der Waals surface area contributed by atoms with E-state index in [-0.39, 0.29) is 0 Å². The first-order valence-electron chi connectivity index (χ1n) is 11.7. The van der Waals surface area contributed by atoms with E-state index in [1.54, 1.807) is 24.6 Å². The molecule has 0 radical (unpaired) electrons. The Balaban J connectivity index is 1.54. The maximum atomic E-state index is 11.9. The Labute approximate surface area is 218 Å². The summed E-state index contributed by atoms with van der Waals surface area (Å²) in [4.78, 5) is 11.5. The molecule has 0 bridgehead atoms. The molecule has 37 heavy (non-hydrogen) atoms. The fourth-order valence-corrected chi connectivity index (χ4v) is 4.35. The van der Waals surface area contributed by atoms with Crippen molar-refractivity contribution in [2.75, 3.05) is 19.5 Å². The molecule has 0 aliphatic carbocycles. The molecule has 0 aliphatic rings. The van der Waals surface area contributed by atoms with Crippen LogP contribution in [0.1, 0.15) is 22.3 Å². The van der Waals surface area contributed by atoms with E-state index in [4.69, 9.17) is 14.6 Å². The van der Waals surface area contributed by atoms with E-state index in [0.29, 0.717) is 24.7 Å². The van der Waals surface area contributed by atoms with E-state index in [1.807, 2.05) is 60.3 Å². The summed E-state index contributed by atoms with van der Waals surface area (Å²) in [5.74, 6) is 0.140. The molecule has 0 saturated carbocycles. The van der Waals surface area contributed by atoms with Crippen LogP contribution in [0.2, 0.25) is 0 Å². The Morgan fingerprint density at radius 2 is 1.73 bits per heavy atom. The number of aryl methyl sites for hydroxylation is 1. The average Bonchev–Trinajstić information content (AvgIpc) is 3.40. The molecular formula is C29H28N2O5S. The van der Waals surface area contributed by atoms with Gasteiger partial charge in [-0.3, -0.25) is 8.89 Å². The van der Waals surface area contributed by atoms with E-state index < -0.39 is 23.4 Å². The molecule has 7 nitrogen and oxygen atoms in total. The van der Waals surface area contributed by atoms with Crippen LogP contribution >= 0.6 is 0 Å². The van der Waals surface area contributed by atoms with E-state index in [9.17, 15) is 9.00 Å². The molecule has 0 spiro atoms. The minimum atomic E-state index is -1.05. The van der Waals surface area contributed by atoms with Gasteiger partial charge in [-0.05, 0) is 77.2 Å². The number of carboxylic acids is 1. The molecule has 1 N–H and O–H groups in total. The van der Waals surface area contributed by atoms with Gasteiger partial charge in [-0.2, -0.15) is 5.10 Å². The van der Waals surface area contributed by atoms with Crippen molar-refractivity contribution >= 4 is 22.3 Å². The van der Waals surface area contributed by atoms with Crippen molar-refractivity contribution in [1.29, 1.82) is 0 Å². The first-order valence-corrected chi connectivity index (χ1v) is 13.2. The van der Waals surface area contributed by atoms with Crippen molar-refractivity contribution in [2.24, 2.45) is 0 Å². The lowest BCUT2D eigenvalue weighted by molar-refractivity contribution is -0.139. The third-order valence-corrected chi connectivity index (χ3v) is 6.64. The fourth-order valence-electron chi connectivity index (χ4n) is 3.83. The SMILES string of the molecule is Cc1cc(OC/C=C(\c2ccc(Cn3cccn3)cc2)c2ccc(S(C)=O)cc2)ccc1OCC(=O)O. The van der Waals surface area contributed by atoms with Gasteiger partial charge in [0, 0.05) is 34.3 Å². The molecule has 190 valence electrons. The molecule has 0 fully saturated rings. The van der Waals surface area contributed by atoms with E-state index in [2.05, 4.69) is 29.4 Å². The number of nitrogens with zero attached hydrogens (tertiary/aromatic N) is 2. The van der Waals surface area contributed by atoms with Crippen molar-refractivity contribution in [3.63, 3.8) is 0 Å².